The molecular weight excluding hydrogens is 248 g/mol. The third-order valence-electron chi connectivity index (χ3n) is 2.75. The average molecular weight is 268 g/mol. The van der Waals surface area contributed by atoms with Gasteiger partial charge in [0.1, 0.15) is 5.76 Å². The molecular formula is C13H20N2O4. The van der Waals surface area contributed by atoms with Gasteiger partial charge in [-0.2, -0.15) is 0 Å². The van der Waals surface area contributed by atoms with Crippen molar-refractivity contribution in [1.82, 2.24) is 10.5 Å². The Morgan fingerprint density at radius 3 is 2.58 bits per heavy atom. The second-order valence-electron chi connectivity index (χ2n) is 5.50. The molecule has 0 saturated carbocycles. The zero-order chi connectivity index (χ0) is 14.6. The van der Waals surface area contributed by atoms with Gasteiger partial charge in [-0.25, -0.2) is 0 Å². The van der Waals surface area contributed by atoms with Crippen LogP contribution in [-0.2, 0) is 4.79 Å². The molecule has 6 heteroatoms. The number of hydrogen-bond acceptors (Lipinski definition) is 4. The Morgan fingerprint density at radius 1 is 1.47 bits per heavy atom. The van der Waals surface area contributed by atoms with Gasteiger partial charge in [0.15, 0.2) is 5.69 Å². The SMILES string of the molecule is CC(C)c1cc(C(=O)NC(C)(C)CCC(=O)O)no1. The van der Waals surface area contributed by atoms with E-state index in [0.717, 1.165) is 0 Å². The van der Waals surface area contributed by atoms with Crippen LogP contribution in [0.5, 0.6) is 0 Å². The van der Waals surface area contributed by atoms with E-state index in [0.29, 0.717) is 12.2 Å². The summed E-state index contributed by atoms with van der Waals surface area (Å²) in [6, 6.07) is 1.60. The number of carbonyl (C=O) groups is 2. The van der Waals surface area contributed by atoms with E-state index in [1.165, 1.54) is 0 Å². The Kier molecular flexibility index (Phi) is 4.69. The number of rotatable bonds is 6. The average Bonchev–Trinajstić information content (AvgIpc) is 2.75. The lowest BCUT2D eigenvalue weighted by atomic mass is 9.98. The molecule has 2 N–H and O–H groups in total. The van der Waals surface area contributed by atoms with Crippen LogP contribution in [0, 0.1) is 0 Å². The molecule has 0 radical (unpaired) electrons. The molecule has 19 heavy (non-hydrogen) atoms. The van der Waals surface area contributed by atoms with Crippen LogP contribution in [0.3, 0.4) is 0 Å². The van der Waals surface area contributed by atoms with E-state index in [-0.39, 0.29) is 23.9 Å². The summed E-state index contributed by atoms with van der Waals surface area (Å²) in [6.45, 7) is 7.44. The van der Waals surface area contributed by atoms with Gasteiger partial charge in [0.05, 0.1) is 0 Å². The Labute approximate surface area is 112 Å². The van der Waals surface area contributed by atoms with Gasteiger partial charge in [0.25, 0.3) is 5.91 Å². The van der Waals surface area contributed by atoms with Gasteiger partial charge in [0.2, 0.25) is 0 Å². The molecule has 0 unspecified atom stereocenters. The molecule has 0 bridgehead atoms. The Bertz CT molecular complexity index is 463. The van der Waals surface area contributed by atoms with Gasteiger partial charge in [-0.15, -0.1) is 0 Å². The number of amides is 1. The highest BCUT2D eigenvalue weighted by molar-refractivity contribution is 5.92. The van der Waals surface area contributed by atoms with Gasteiger partial charge in [0, 0.05) is 23.9 Å². The molecule has 0 spiro atoms. The molecule has 1 amide bonds. The van der Waals surface area contributed by atoms with Crippen molar-refractivity contribution in [1.29, 1.82) is 0 Å². The number of aromatic nitrogens is 1. The first kappa shape index (κ1) is 15.2. The maximum atomic E-state index is 12.0. The van der Waals surface area contributed by atoms with E-state index >= 15 is 0 Å². The third kappa shape index (κ3) is 4.73. The third-order valence-corrected chi connectivity index (χ3v) is 2.75. The van der Waals surface area contributed by atoms with Crippen LogP contribution in [0.4, 0.5) is 0 Å². The van der Waals surface area contributed by atoms with E-state index in [1.54, 1.807) is 19.9 Å². The minimum absolute atomic E-state index is 0.00331. The number of nitrogens with zero attached hydrogens (tertiary/aromatic N) is 1. The van der Waals surface area contributed by atoms with Crippen molar-refractivity contribution in [2.45, 2.75) is 52.0 Å². The van der Waals surface area contributed by atoms with Gasteiger partial charge in [-0.1, -0.05) is 19.0 Å². The summed E-state index contributed by atoms with van der Waals surface area (Å²) in [6.07, 6.45) is 0.353. The number of nitrogens with one attached hydrogen (secondary N) is 1. The Hall–Kier alpha value is -1.85. The summed E-state index contributed by atoms with van der Waals surface area (Å²) in [5, 5.41) is 15.1. The van der Waals surface area contributed by atoms with Crippen LogP contribution >= 0.6 is 0 Å². The van der Waals surface area contributed by atoms with Crippen molar-refractivity contribution >= 4 is 11.9 Å². The topological polar surface area (TPSA) is 92.4 Å². The minimum atomic E-state index is -0.883. The molecule has 0 aliphatic heterocycles. The van der Waals surface area contributed by atoms with E-state index in [4.69, 9.17) is 9.63 Å². The van der Waals surface area contributed by atoms with Crippen molar-refractivity contribution < 1.29 is 19.2 Å². The molecule has 0 fully saturated rings. The molecule has 1 aromatic rings. The minimum Gasteiger partial charge on any atom is -0.481 e. The van der Waals surface area contributed by atoms with Crippen LogP contribution < -0.4 is 5.32 Å². The molecule has 0 atom stereocenters. The summed E-state index contributed by atoms with van der Waals surface area (Å²) >= 11 is 0. The van der Waals surface area contributed by atoms with Crippen molar-refractivity contribution in [3.63, 3.8) is 0 Å². The van der Waals surface area contributed by atoms with Crippen LogP contribution in [0.25, 0.3) is 0 Å². The lowest BCUT2D eigenvalue weighted by molar-refractivity contribution is -0.137. The maximum absolute atomic E-state index is 12.0. The summed E-state index contributed by atoms with van der Waals surface area (Å²) in [5.41, 5.74) is -0.390. The molecule has 0 aromatic carbocycles. The van der Waals surface area contributed by atoms with Gasteiger partial charge in [-0.3, -0.25) is 9.59 Å². The molecule has 1 rings (SSSR count). The first-order valence-corrected chi connectivity index (χ1v) is 6.22. The van der Waals surface area contributed by atoms with Crippen molar-refractivity contribution in [2.75, 3.05) is 0 Å². The van der Waals surface area contributed by atoms with Crippen molar-refractivity contribution in [2.24, 2.45) is 0 Å². The van der Waals surface area contributed by atoms with Crippen LogP contribution in [-0.4, -0.2) is 27.7 Å². The second kappa shape index (κ2) is 5.86. The highest BCUT2D eigenvalue weighted by atomic mass is 16.5. The standard InChI is InChI=1S/C13H20N2O4/c1-8(2)10-7-9(15-19-10)12(18)14-13(3,4)6-5-11(16)17/h7-8H,5-6H2,1-4H3,(H,14,18)(H,16,17). The second-order valence-corrected chi connectivity index (χ2v) is 5.50. The lowest BCUT2D eigenvalue weighted by Gasteiger charge is -2.24. The van der Waals surface area contributed by atoms with Crippen LogP contribution in [0.2, 0.25) is 0 Å². The largest absolute Gasteiger partial charge is 0.481 e. The van der Waals surface area contributed by atoms with Crippen LogP contribution in [0.15, 0.2) is 10.6 Å². The molecule has 1 heterocycles. The summed E-state index contributed by atoms with van der Waals surface area (Å²) in [5.74, 6) is -0.431. The molecule has 0 aliphatic carbocycles. The highest BCUT2D eigenvalue weighted by Gasteiger charge is 2.24. The maximum Gasteiger partial charge on any atom is 0.303 e. The Morgan fingerprint density at radius 2 is 2.11 bits per heavy atom. The summed E-state index contributed by atoms with van der Waals surface area (Å²) in [4.78, 5) is 22.5. The molecule has 1 aromatic heterocycles. The predicted molar refractivity (Wildman–Crippen MR) is 69.0 cm³/mol. The summed E-state index contributed by atoms with van der Waals surface area (Å²) < 4.78 is 5.05. The Balaban J connectivity index is 2.64. The number of aliphatic carboxylic acids is 1. The molecule has 0 aliphatic rings. The van der Waals surface area contributed by atoms with Crippen LogP contribution in [0.1, 0.15) is 62.7 Å². The van der Waals surface area contributed by atoms with E-state index in [1.807, 2.05) is 13.8 Å². The molecule has 6 nitrogen and oxygen atoms in total. The normalized spacial score (nSPS) is 11.6. The number of carboxylic acids is 1. The van der Waals surface area contributed by atoms with Gasteiger partial charge >= 0.3 is 5.97 Å². The molecule has 0 saturated heterocycles. The smallest absolute Gasteiger partial charge is 0.303 e. The highest BCUT2D eigenvalue weighted by Crippen LogP contribution is 2.16. The van der Waals surface area contributed by atoms with E-state index in [9.17, 15) is 9.59 Å². The fourth-order valence-electron chi connectivity index (χ4n) is 1.52. The van der Waals surface area contributed by atoms with Crippen molar-refractivity contribution in [3.05, 3.63) is 17.5 Å². The van der Waals surface area contributed by atoms with Crippen molar-refractivity contribution in [3.8, 4) is 0 Å². The first-order chi connectivity index (χ1) is 8.71. The van der Waals surface area contributed by atoms with Gasteiger partial charge in [-0.05, 0) is 20.3 Å². The number of carbonyl (C=O) groups excluding carboxylic acids is 1. The summed E-state index contributed by atoms with van der Waals surface area (Å²) in [7, 11) is 0. The van der Waals surface area contributed by atoms with E-state index in [2.05, 4.69) is 10.5 Å². The lowest BCUT2D eigenvalue weighted by Crippen LogP contribution is -2.43. The van der Waals surface area contributed by atoms with E-state index < -0.39 is 11.5 Å². The predicted octanol–water partition coefficient (Wildman–Crippen LogP) is 2.17. The monoisotopic (exact) mass is 268 g/mol. The first-order valence-electron chi connectivity index (χ1n) is 6.22. The zero-order valence-corrected chi connectivity index (χ0v) is 11.7. The van der Waals surface area contributed by atoms with Gasteiger partial charge < -0.3 is 14.9 Å². The fourth-order valence-corrected chi connectivity index (χ4v) is 1.52. The number of carboxylic acid groups (broad SMARTS) is 1. The zero-order valence-electron chi connectivity index (χ0n) is 11.7. The quantitative estimate of drug-likeness (QED) is 0.824. The number of hydrogen-bond donors (Lipinski definition) is 2. The fraction of sp³-hybridized carbons (Fsp3) is 0.615. The molecule has 106 valence electrons.